The van der Waals surface area contributed by atoms with Gasteiger partial charge in [0.2, 0.25) is 0 Å². The van der Waals surface area contributed by atoms with Crippen molar-refractivity contribution >= 4 is 5.69 Å². The van der Waals surface area contributed by atoms with E-state index in [9.17, 15) is 10.1 Å². The molecule has 1 aromatic carbocycles. The van der Waals surface area contributed by atoms with E-state index in [0.29, 0.717) is 6.42 Å². The molecular weight excluding hydrogens is 240 g/mol. The van der Waals surface area contributed by atoms with Gasteiger partial charge in [0.05, 0.1) is 4.92 Å². The number of nitro groups is 1. The lowest BCUT2D eigenvalue weighted by Crippen LogP contribution is -2.44. The van der Waals surface area contributed by atoms with Crippen LogP contribution in [0.2, 0.25) is 0 Å². The second-order valence-corrected chi connectivity index (χ2v) is 5.68. The molecule has 0 spiro atoms. The van der Waals surface area contributed by atoms with Gasteiger partial charge >= 0.3 is 0 Å². The molecule has 1 saturated carbocycles. The Labute approximate surface area is 114 Å². The zero-order chi connectivity index (χ0) is 13.7. The summed E-state index contributed by atoms with van der Waals surface area (Å²) >= 11 is 0. The van der Waals surface area contributed by atoms with E-state index in [1.165, 1.54) is 32.1 Å². The predicted molar refractivity (Wildman–Crippen MR) is 76.3 cm³/mol. The molecule has 0 atom stereocenters. The number of para-hydroxylation sites is 1. The third-order valence-electron chi connectivity index (χ3n) is 4.09. The summed E-state index contributed by atoms with van der Waals surface area (Å²) in [7, 11) is 0. The molecule has 1 aromatic rings. The van der Waals surface area contributed by atoms with E-state index in [2.05, 4.69) is 12.2 Å². The maximum absolute atomic E-state index is 10.9. The van der Waals surface area contributed by atoms with Crippen molar-refractivity contribution in [1.82, 2.24) is 5.32 Å². The average Bonchev–Trinajstić information content (AvgIpc) is 2.40. The normalized spacial score (nSPS) is 18.2. The maximum atomic E-state index is 10.9. The second kappa shape index (κ2) is 6.15. The SMILES string of the molecule is CC1(NCCc2ccccc2[N+](=O)[O-])CCCCC1. The number of hydrogen-bond donors (Lipinski definition) is 1. The standard InChI is InChI=1S/C15H22N2O2/c1-15(10-5-2-6-11-15)16-12-9-13-7-3-4-8-14(13)17(18)19/h3-4,7-8,16H,2,5-6,9-12H2,1H3. The first-order chi connectivity index (χ1) is 9.11. The summed E-state index contributed by atoms with van der Waals surface area (Å²) in [4.78, 5) is 10.6. The van der Waals surface area contributed by atoms with E-state index in [1.807, 2.05) is 12.1 Å². The van der Waals surface area contributed by atoms with Crippen molar-refractivity contribution in [1.29, 1.82) is 0 Å². The Morgan fingerprint density at radius 2 is 1.95 bits per heavy atom. The summed E-state index contributed by atoms with van der Waals surface area (Å²) < 4.78 is 0. The molecule has 0 unspecified atom stereocenters. The van der Waals surface area contributed by atoms with Gasteiger partial charge in [-0.25, -0.2) is 0 Å². The average molecular weight is 262 g/mol. The zero-order valence-corrected chi connectivity index (χ0v) is 11.5. The third-order valence-corrected chi connectivity index (χ3v) is 4.09. The largest absolute Gasteiger partial charge is 0.311 e. The highest BCUT2D eigenvalue weighted by Gasteiger charge is 2.25. The number of nitro benzene ring substituents is 1. The fourth-order valence-electron chi connectivity index (χ4n) is 2.91. The van der Waals surface area contributed by atoms with Crippen LogP contribution in [0.15, 0.2) is 24.3 Å². The summed E-state index contributed by atoms with van der Waals surface area (Å²) in [5, 5.41) is 14.5. The van der Waals surface area contributed by atoms with Gasteiger partial charge in [0.25, 0.3) is 5.69 Å². The summed E-state index contributed by atoms with van der Waals surface area (Å²) in [5.41, 5.74) is 1.28. The van der Waals surface area contributed by atoms with Crippen LogP contribution in [0.5, 0.6) is 0 Å². The Morgan fingerprint density at radius 1 is 1.26 bits per heavy atom. The fraction of sp³-hybridized carbons (Fsp3) is 0.600. The van der Waals surface area contributed by atoms with Gasteiger partial charge < -0.3 is 5.32 Å². The minimum atomic E-state index is -0.294. The monoisotopic (exact) mass is 262 g/mol. The van der Waals surface area contributed by atoms with Crippen LogP contribution in [0.1, 0.15) is 44.6 Å². The van der Waals surface area contributed by atoms with Crippen LogP contribution >= 0.6 is 0 Å². The van der Waals surface area contributed by atoms with Crippen molar-refractivity contribution in [3.8, 4) is 0 Å². The summed E-state index contributed by atoms with van der Waals surface area (Å²) in [6, 6.07) is 7.02. The Bertz CT molecular complexity index is 440. The molecule has 0 saturated heterocycles. The lowest BCUT2D eigenvalue weighted by atomic mass is 9.83. The molecule has 4 heteroatoms. The Balaban J connectivity index is 1.90. The van der Waals surface area contributed by atoms with E-state index in [4.69, 9.17) is 0 Å². The molecule has 0 heterocycles. The van der Waals surface area contributed by atoms with E-state index >= 15 is 0 Å². The van der Waals surface area contributed by atoms with Gasteiger partial charge in [0.15, 0.2) is 0 Å². The van der Waals surface area contributed by atoms with Crippen LogP contribution in [0.3, 0.4) is 0 Å². The molecule has 19 heavy (non-hydrogen) atoms. The van der Waals surface area contributed by atoms with Gasteiger partial charge in [-0.05, 0) is 32.7 Å². The smallest absolute Gasteiger partial charge is 0.272 e. The summed E-state index contributed by atoms with van der Waals surface area (Å²) in [5.74, 6) is 0. The molecule has 0 bridgehead atoms. The van der Waals surface area contributed by atoms with Crippen molar-refractivity contribution in [3.05, 3.63) is 39.9 Å². The molecule has 1 aliphatic carbocycles. The van der Waals surface area contributed by atoms with Gasteiger partial charge in [-0.2, -0.15) is 0 Å². The molecule has 1 N–H and O–H groups in total. The fourth-order valence-corrected chi connectivity index (χ4v) is 2.91. The molecule has 0 radical (unpaired) electrons. The highest BCUT2D eigenvalue weighted by Crippen LogP contribution is 2.27. The van der Waals surface area contributed by atoms with Gasteiger partial charge in [-0.3, -0.25) is 10.1 Å². The Kier molecular flexibility index (Phi) is 4.53. The quantitative estimate of drug-likeness (QED) is 0.653. The van der Waals surface area contributed by atoms with Crippen molar-refractivity contribution in [3.63, 3.8) is 0 Å². The Morgan fingerprint density at radius 3 is 2.63 bits per heavy atom. The molecule has 2 rings (SSSR count). The maximum Gasteiger partial charge on any atom is 0.272 e. The molecule has 4 nitrogen and oxygen atoms in total. The first kappa shape index (κ1) is 14.0. The lowest BCUT2D eigenvalue weighted by Gasteiger charge is -2.34. The molecule has 104 valence electrons. The summed E-state index contributed by atoms with van der Waals surface area (Å²) in [6.45, 7) is 3.08. The predicted octanol–water partition coefficient (Wildman–Crippen LogP) is 3.45. The second-order valence-electron chi connectivity index (χ2n) is 5.68. The van der Waals surface area contributed by atoms with Crippen molar-refractivity contribution in [2.75, 3.05) is 6.54 Å². The lowest BCUT2D eigenvalue weighted by molar-refractivity contribution is -0.385. The molecular formula is C15H22N2O2. The van der Waals surface area contributed by atoms with E-state index < -0.39 is 0 Å². The highest BCUT2D eigenvalue weighted by atomic mass is 16.6. The van der Waals surface area contributed by atoms with Crippen molar-refractivity contribution in [2.45, 2.75) is 51.0 Å². The number of benzene rings is 1. The van der Waals surface area contributed by atoms with Crippen LogP contribution < -0.4 is 5.32 Å². The van der Waals surface area contributed by atoms with Gasteiger partial charge in [0, 0.05) is 17.2 Å². The van der Waals surface area contributed by atoms with E-state index in [0.717, 1.165) is 12.1 Å². The van der Waals surface area contributed by atoms with Crippen LogP contribution in [0.4, 0.5) is 5.69 Å². The molecule has 0 aromatic heterocycles. The number of nitrogens with one attached hydrogen (secondary N) is 1. The third kappa shape index (κ3) is 3.77. The molecule has 1 fully saturated rings. The minimum Gasteiger partial charge on any atom is -0.311 e. The van der Waals surface area contributed by atoms with Crippen LogP contribution in [0, 0.1) is 10.1 Å². The molecule has 1 aliphatic rings. The number of hydrogen-bond acceptors (Lipinski definition) is 3. The van der Waals surface area contributed by atoms with Gasteiger partial charge in [-0.1, -0.05) is 37.5 Å². The first-order valence-electron chi connectivity index (χ1n) is 7.08. The molecule has 0 amide bonds. The zero-order valence-electron chi connectivity index (χ0n) is 11.5. The van der Waals surface area contributed by atoms with E-state index in [1.54, 1.807) is 12.1 Å². The van der Waals surface area contributed by atoms with Crippen LogP contribution in [-0.2, 0) is 6.42 Å². The number of rotatable bonds is 5. The van der Waals surface area contributed by atoms with E-state index in [-0.39, 0.29) is 16.1 Å². The summed E-state index contributed by atoms with van der Waals surface area (Å²) in [6.07, 6.45) is 7.05. The van der Waals surface area contributed by atoms with Gasteiger partial charge in [0.1, 0.15) is 0 Å². The Hall–Kier alpha value is -1.42. The molecule has 0 aliphatic heterocycles. The van der Waals surface area contributed by atoms with Crippen molar-refractivity contribution < 1.29 is 4.92 Å². The van der Waals surface area contributed by atoms with Gasteiger partial charge in [-0.15, -0.1) is 0 Å². The highest BCUT2D eigenvalue weighted by molar-refractivity contribution is 5.39. The van der Waals surface area contributed by atoms with Crippen LogP contribution in [0.25, 0.3) is 0 Å². The first-order valence-corrected chi connectivity index (χ1v) is 7.08. The topological polar surface area (TPSA) is 55.2 Å². The van der Waals surface area contributed by atoms with Crippen molar-refractivity contribution in [2.24, 2.45) is 0 Å². The number of nitrogens with zero attached hydrogens (tertiary/aromatic N) is 1. The minimum absolute atomic E-state index is 0.224. The van der Waals surface area contributed by atoms with Crippen LogP contribution in [-0.4, -0.2) is 17.0 Å².